The third-order valence-corrected chi connectivity index (χ3v) is 4.38. The molecule has 11 nitrogen and oxygen atoms in total. The standard InChI is InChI=1S/C21H27ClFN7O4/c1-11(14-8-12(23)9-27-17(14)22)33-19(31)29-18(30(5)25)16(24)15-7-6-13(10-26-15)28-20(32)34-21(2,3)4/h6-11H,24-25H2,1-5H3,(H,28,32)(H,29,31)/b18-16-. The highest BCUT2D eigenvalue weighted by atomic mass is 35.5. The molecule has 2 rings (SSSR count). The zero-order valence-electron chi connectivity index (χ0n) is 19.3. The molecule has 0 radical (unpaired) electrons. The second kappa shape index (κ2) is 11.0. The van der Waals surface area contributed by atoms with Gasteiger partial charge < -0.3 is 15.2 Å². The highest BCUT2D eigenvalue weighted by Crippen LogP contribution is 2.24. The van der Waals surface area contributed by atoms with Gasteiger partial charge in [-0.15, -0.1) is 0 Å². The number of nitrogens with one attached hydrogen (secondary N) is 2. The minimum Gasteiger partial charge on any atom is -0.444 e. The SMILES string of the molecule is CC(OC(=O)N/C(=C(/N)c1ccc(NC(=O)OC(C)(C)C)cn1)N(C)N)c1cc(F)cnc1Cl. The topological polar surface area (TPSA) is 158 Å². The Morgan fingerprint density at radius 2 is 1.88 bits per heavy atom. The summed E-state index contributed by atoms with van der Waals surface area (Å²) in [5.41, 5.74) is 6.32. The van der Waals surface area contributed by atoms with Crippen LogP contribution in [0.5, 0.6) is 0 Å². The van der Waals surface area contributed by atoms with Gasteiger partial charge in [-0.05, 0) is 45.9 Å². The van der Waals surface area contributed by atoms with Gasteiger partial charge >= 0.3 is 12.2 Å². The van der Waals surface area contributed by atoms with Crippen molar-refractivity contribution in [2.75, 3.05) is 12.4 Å². The van der Waals surface area contributed by atoms with Gasteiger partial charge in [-0.1, -0.05) is 11.6 Å². The van der Waals surface area contributed by atoms with Gasteiger partial charge in [0.25, 0.3) is 0 Å². The first kappa shape index (κ1) is 26.6. The number of nitrogens with two attached hydrogens (primary N) is 2. The normalized spacial score (nSPS) is 12.8. The lowest BCUT2D eigenvalue weighted by Gasteiger charge is -2.22. The number of hydrogen-bond donors (Lipinski definition) is 4. The maximum Gasteiger partial charge on any atom is 0.413 e. The molecule has 184 valence electrons. The summed E-state index contributed by atoms with van der Waals surface area (Å²) in [6, 6.07) is 4.18. The fourth-order valence-corrected chi connectivity index (χ4v) is 2.85. The number of alkyl carbamates (subject to hydrolysis) is 1. The van der Waals surface area contributed by atoms with Crippen molar-refractivity contribution in [3.63, 3.8) is 0 Å². The predicted octanol–water partition coefficient (Wildman–Crippen LogP) is 3.49. The number of nitrogens with zero attached hydrogens (tertiary/aromatic N) is 3. The van der Waals surface area contributed by atoms with Gasteiger partial charge in [0, 0.05) is 12.6 Å². The summed E-state index contributed by atoms with van der Waals surface area (Å²) in [4.78, 5) is 32.2. The molecular formula is C21H27ClFN7O4. The molecule has 1 unspecified atom stereocenters. The number of hydrazine groups is 1. The van der Waals surface area contributed by atoms with E-state index in [9.17, 15) is 14.0 Å². The number of ether oxygens (including phenoxy) is 2. The van der Waals surface area contributed by atoms with Crippen LogP contribution in [0, 0.1) is 5.82 Å². The summed E-state index contributed by atoms with van der Waals surface area (Å²) in [6.45, 7) is 6.73. The van der Waals surface area contributed by atoms with Crippen LogP contribution >= 0.6 is 11.6 Å². The molecule has 1 atom stereocenters. The third-order valence-electron chi connectivity index (χ3n) is 4.07. The molecule has 34 heavy (non-hydrogen) atoms. The molecule has 2 heterocycles. The summed E-state index contributed by atoms with van der Waals surface area (Å²) < 4.78 is 23.9. The molecule has 0 bridgehead atoms. The lowest BCUT2D eigenvalue weighted by Crippen LogP contribution is -2.39. The zero-order valence-corrected chi connectivity index (χ0v) is 20.1. The molecule has 0 fully saturated rings. The van der Waals surface area contributed by atoms with Gasteiger partial charge in [-0.25, -0.2) is 24.8 Å². The zero-order chi connectivity index (χ0) is 25.6. The average molecular weight is 496 g/mol. The Balaban J connectivity index is 2.13. The number of pyridine rings is 2. The number of carbonyl (C=O) groups is 2. The van der Waals surface area contributed by atoms with Crippen LogP contribution < -0.4 is 22.2 Å². The first-order valence-electron chi connectivity index (χ1n) is 10.00. The minimum absolute atomic E-state index is 0.00259. The summed E-state index contributed by atoms with van der Waals surface area (Å²) in [5, 5.41) is 6.04. The van der Waals surface area contributed by atoms with Crippen LogP contribution in [0.25, 0.3) is 5.70 Å². The van der Waals surface area contributed by atoms with Crippen LogP contribution in [-0.4, -0.2) is 39.8 Å². The molecular weight excluding hydrogens is 469 g/mol. The van der Waals surface area contributed by atoms with E-state index in [0.29, 0.717) is 5.69 Å². The van der Waals surface area contributed by atoms with Crippen LogP contribution in [0.4, 0.5) is 19.7 Å². The molecule has 2 aromatic rings. The highest BCUT2D eigenvalue weighted by Gasteiger charge is 2.20. The molecule has 0 aliphatic heterocycles. The van der Waals surface area contributed by atoms with E-state index < -0.39 is 29.7 Å². The number of hydrogen-bond acceptors (Lipinski definition) is 9. The van der Waals surface area contributed by atoms with Crippen molar-refractivity contribution in [1.29, 1.82) is 0 Å². The van der Waals surface area contributed by atoms with Gasteiger partial charge in [-0.3, -0.25) is 20.6 Å². The van der Waals surface area contributed by atoms with Crippen molar-refractivity contribution in [1.82, 2.24) is 20.3 Å². The fraction of sp³-hybridized carbons (Fsp3) is 0.333. The van der Waals surface area contributed by atoms with Gasteiger partial charge in [0.2, 0.25) is 0 Å². The number of rotatable bonds is 6. The Kier molecular flexibility index (Phi) is 8.60. The number of amides is 2. The molecule has 0 spiro atoms. The van der Waals surface area contributed by atoms with Gasteiger partial charge in [0.1, 0.15) is 28.4 Å². The number of halogens is 2. The smallest absolute Gasteiger partial charge is 0.413 e. The molecule has 0 aromatic carbocycles. The van der Waals surface area contributed by atoms with Crippen LogP contribution in [0.1, 0.15) is 45.1 Å². The molecule has 0 saturated carbocycles. The third kappa shape index (κ3) is 7.74. The fourth-order valence-electron chi connectivity index (χ4n) is 2.59. The largest absolute Gasteiger partial charge is 0.444 e. The quantitative estimate of drug-likeness (QED) is 0.267. The Bertz CT molecular complexity index is 1070. The van der Waals surface area contributed by atoms with Crippen molar-refractivity contribution in [2.45, 2.75) is 39.4 Å². The van der Waals surface area contributed by atoms with E-state index in [2.05, 4.69) is 20.6 Å². The second-order valence-corrected chi connectivity index (χ2v) is 8.50. The Morgan fingerprint density at radius 1 is 1.21 bits per heavy atom. The van der Waals surface area contributed by atoms with E-state index >= 15 is 0 Å². The monoisotopic (exact) mass is 495 g/mol. The van der Waals surface area contributed by atoms with Crippen molar-refractivity contribution in [2.24, 2.45) is 11.6 Å². The van der Waals surface area contributed by atoms with Crippen molar-refractivity contribution < 1.29 is 23.5 Å². The maximum atomic E-state index is 13.5. The van der Waals surface area contributed by atoms with E-state index in [1.165, 1.54) is 26.2 Å². The Hall–Kier alpha value is -3.64. The summed E-state index contributed by atoms with van der Waals surface area (Å²) in [7, 11) is 1.44. The minimum atomic E-state index is -0.925. The highest BCUT2D eigenvalue weighted by molar-refractivity contribution is 6.30. The van der Waals surface area contributed by atoms with Crippen LogP contribution in [-0.2, 0) is 9.47 Å². The molecule has 2 amide bonds. The predicted molar refractivity (Wildman–Crippen MR) is 124 cm³/mol. The van der Waals surface area contributed by atoms with Crippen molar-refractivity contribution in [3.05, 3.63) is 58.6 Å². The van der Waals surface area contributed by atoms with Gasteiger partial charge in [-0.2, -0.15) is 0 Å². The van der Waals surface area contributed by atoms with E-state index in [-0.39, 0.29) is 27.9 Å². The molecule has 6 N–H and O–H groups in total. The van der Waals surface area contributed by atoms with Gasteiger partial charge in [0.05, 0.1) is 23.8 Å². The van der Waals surface area contributed by atoms with Crippen molar-refractivity contribution in [3.8, 4) is 0 Å². The lowest BCUT2D eigenvalue weighted by atomic mass is 10.2. The Morgan fingerprint density at radius 3 is 2.44 bits per heavy atom. The van der Waals surface area contributed by atoms with E-state index in [4.69, 9.17) is 32.7 Å². The first-order chi connectivity index (χ1) is 15.8. The molecule has 0 saturated heterocycles. The molecule has 13 heteroatoms. The second-order valence-electron chi connectivity index (χ2n) is 8.14. The molecule has 0 aliphatic carbocycles. The number of anilines is 1. The van der Waals surface area contributed by atoms with Crippen molar-refractivity contribution >= 4 is 35.2 Å². The summed E-state index contributed by atoms with van der Waals surface area (Å²) in [6.07, 6.45) is -0.172. The number of aromatic nitrogens is 2. The van der Waals surface area contributed by atoms with Crippen LogP contribution in [0.2, 0.25) is 5.15 Å². The van der Waals surface area contributed by atoms with E-state index in [1.807, 2.05) is 0 Å². The van der Waals surface area contributed by atoms with Gasteiger partial charge in [0.15, 0.2) is 5.82 Å². The lowest BCUT2D eigenvalue weighted by molar-refractivity contribution is 0.0635. The first-order valence-corrected chi connectivity index (χ1v) is 10.4. The number of carbonyl (C=O) groups excluding carboxylic acids is 2. The summed E-state index contributed by atoms with van der Waals surface area (Å²) in [5.74, 6) is 5.17. The average Bonchev–Trinajstić information content (AvgIpc) is 2.72. The van der Waals surface area contributed by atoms with Crippen LogP contribution in [0.3, 0.4) is 0 Å². The van der Waals surface area contributed by atoms with Crippen LogP contribution in [0.15, 0.2) is 36.4 Å². The van der Waals surface area contributed by atoms with E-state index in [1.54, 1.807) is 26.8 Å². The molecule has 0 aliphatic rings. The van der Waals surface area contributed by atoms with E-state index in [0.717, 1.165) is 17.3 Å². The molecule has 2 aromatic heterocycles. The Labute approximate surface area is 201 Å². The maximum absolute atomic E-state index is 13.5. The summed E-state index contributed by atoms with van der Waals surface area (Å²) >= 11 is 5.95.